The third kappa shape index (κ3) is 2.70. The van der Waals surface area contributed by atoms with Crippen LogP contribution in [0.5, 0.6) is 0 Å². The number of ether oxygens (including phenoxy) is 1. The molecule has 0 saturated carbocycles. The standard InChI is InChI=1S/C19H26N6OS2/c20-16-23-15-14(12-26-11-13-5-2-1-3-6-13)22-17(21)25-8-7-18(19(15,25)24-16)27-9-4-10-28-18/h1-3,5-6,14-15H,4,7-12H2,(H2,21,22)(H3,20,23,24)/t14-,15-,19-/m0/s1. The van der Waals surface area contributed by atoms with E-state index in [4.69, 9.17) is 26.2 Å². The van der Waals surface area contributed by atoms with Crippen LogP contribution in [0, 0.1) is 0 Å². The van der Waals surface area contributed by atoms with Crippen LogP contribution in [0.15, 0.2) is 40.3 Å². The molecule has 4 heterocycles. The maximum absolute atomic E-state index is 6.45. The lowest BCUT2D eigenvalue weighted by Crippen LogP contribution is -2.75. The first-order valence-electron chi connectivity index (χ1n) is 9.77. The van der Waals surface area contributed by atoms with Crippen molar-refractivity contribution in [1.82, 2.24) is 10.2 Å². The molecule has 0 bridgehead atoms. The Morgan fingerprint density at radius 3 is 2.75 bits per heavy atom. The van der Waals surface area contributed by atoms with Gasteiger partial charge in [-0.2, -0.15) is 0 Å². The fourth-order valence-electron chi connectivity index (χ4n) is 4.83. The molecule has 2 fully saturated rings. The van der Waals surface area contributed by atoms with Gasteiger partial charge >= 0.3 is 0 Å². The SMILES string of the molecule is NC1=N[C@H]2[C@H](COCc3ccccc3)N=C(N)N3CCC4(SCCCS4)[C@]23N1. The molecule has 2 spiro atoms. The van der Waals surface area contributed by atoms with Gasteiger partial charge in [0, 0.05) is 6.54 Å². The lowest BCUT2D eigenvalue weighted by molar-refractivity contribution is 0.0673. The van der Waals surface area contributed by atoms with Crippen LogP contribution in [-0.4, -0.2) is 63.3 Å². The molecule has 3 atom stereocenters. The predicted molar refractivity (Wildman–Crippen MR) is 116 cm³/mol. The average Bonchev–Trinajstić information content (AvgIpc) is 3.22. The second kappa shape index (κ2) is 7.03. The van der Waals surface area contributed by atoms with Crippen molar-refractivity contribution in [2.45, 2.75) is 41.3 Å². The summed E-state index contributed by atoms with van der Waals surface area (Å²) in [5.41, 5.74) is 13.4. The van der Waals surface area contributed by atoms with E-state index in [2.05, 4.69) is 22.3 Å². The third-order valence-electron chi connectivity index (χ3n) is 5.99. The Balaban J connectivity index is 1.42. The summed E-state index contributed by atoms with van der Waals surface area (Å²) >= 11 is 4.06. The summed E-state index contributed by atoms with van der Waals surface area (Å²) in [4.78, 5) is 11.8. The van der Waals surface area contributed by atoms with Crippen LogP contribution in [0.3, 0.4) is 0 Å². The Bertz CT molecular complexity index is 797. The summed E-state index contributed by atoms with van der Waals surface area (Å²) < 4.78 is 6.02. The average molecular weight is 419 g/mol. The highest BCUT2D eigenvalue weighted by Gasteiger charge is 2.70. The van der Waals surface area contributed by atoms with Crippen molar-refractivity contribution in [3.05, 3.63) is 35.9 Å². The summed E-state index contributed by atoms with van der Waals surface area (Å²) in [5.74, 6) is 3.37. The minimum Gasteiger partial charge on any atom is -0.374 e. The molecule has 4 aliphatic rings. The van der Waals surface area contributed by atoms with Crippen molar-refractivity contribution in [3.8, 4) is 0 Å². The second-order valence-corrected chi connectivity index (χ2v) is 10.7. The summed E-state index contributed by atoms with van der Waals surface area (Å²) in [7, 11) is 0. The smallest absolute Gasteiger partial charge is 0.193 e. The van der Waals surface area contributed by atoms with Gasteiger partial charge < -0.3 is 26.4 Å². The quantitative estimate of drug-likeness (QED) is 0.674. The van der Waals surface area contributed by atoms with Crippen LogP contribution < -0.4 is 16.8 Å². The number of aliphatic imine (C=N–C) groups is 2. The molecule has 7 nitrogen and oxygen atoms in total. The summed E-state index contributed by atoms with van der Waals surface area (Å²) in [6, 6.07) is 9.94. The van der Waals surface area contributed by atoms with Crippen molar-refractivity contribution in [3.63, 3.8) is 0 Å². The van der Waals surface area contributed by atoms with E-state index in [0.29, 0.717) is 25.1 Å². The molecule has 0 aromatic heterocycles. The molecule has 0 unspecified atom stereocenters. The molecular weight excluding hydrogens is 392 g/mol. The maximum Gasteiger partial charge on any atom is 0.193 e. The van der Waals surface area contributed by atoms with Gasteiger partial charge in [0.25, 0.3) is 0 Å². The van der Waals surface area contributed by atoms with E-state index < -0.39 is 5.66 Å². The third-order valence-corrected chi connectivity index (χ3v) is 9.65. The Morgan fingerprint density at radius 1 is 1.18 bits per heavy atom. The highest BCUT2D eigenvalue weighted by Crippen LogP contribution is 2.60. The van der Waals surface area contributed by atoms with Gasteiger partial charge in [0.2, 0.25) is 0 Å². The molecule has 28 heavy (non-hydrogen) atoms. The van der Waals surface area contributed by atoms with Gasteiger partial charge in [0.05, 0.1) is 13.2 Å². The molecule has 150 valence electrons. The zero-order chi connectivity index (χ0) is 19.2. The van der Waals surface area contributed by atoms with Crippen molar-refractivity contribution < 1.29 is 4.74 Å². The number of nitrogens with one attached hydrogen (secondary N) is 1. The molecule has 1 aromatic carbocycles. The van der Waals surface area contributed by atoms with Crippen LogP contribution in [-0.2, 0) is 11.3 Å². The van der Waals surface area contributed by atoms with Gasteiger partial charge in [-0.3, -0.25) is 0 Å². The molecule has 4 aliphatic heterocycles. The van der Waals surface area contributed by atoms with Gasteiger partial charge in [-0.25, -0.2) is 9.98 Å². The van der Waals surface area contributed by atoms with E-state index >= 15 is 0 Å². The van der Waals surface area contributed by atoms with Crippen molar-refractivity contribution in [1.29, 1.82) is 0 Å². The summed E-state index contributed by atoms with van der Waals surface area (Å²) in [5, 5.41) is 3.56. The summed E-state index contributed by atoms with van der Waals surface area (Å²) in [6.45, 7) is 1.90. The number of nitrogens with zero attached hydrogens (tertiary/aromatic N) is 3. The lowest BCUT2D eigenvalue weighted by atomic mass is 9.90. The Labute approximate surface area is 173 Å². The summed E-state index contributed by atoms with van der Waals surface area (Å²) in [6.07, 6.45) is 2.28. The van der Waals surface area contributed by atoms with Gasteiger partial charge in [-0.05, 0) is 29.9 Å². The first-order chi connectivity index (χ1) is 13.6. The maximum atomic E-state index is 6.45. The van der Waals surface area contributed by atoms with E-state index in [-0.39, 0.29) is 16.2 Å². The van der Waals surface area contributed by atoms with Crippen LogP contribution >= 0.6 is 23.5 Å². The van der Waals surface area contributed by atoms with Gasteiger partial charge in [0.1, 0.15) is 16.2 Å². The minimum atomic E-state index is -0.417. The van der Waals surface area contributed by atoms with E-state index in [9.17, 15) is 0 Å². The largest absolute Gasteiger partial charge is 0.374 e. The van der Waals surface area contributed by atoms with Crippen LogP contribution in [0.2, 0.25) is 0 Å². The number of hydrogen-bond donors (Lipinski definition) is 3. The van der Waals surface area contributed by atoms with E-state index in [0.717, 1.165) is 30.0 Å². The Kier molecular flexibility index (Phi) is 4.64. The number of guanidine groups is 2. The highest BCUT2D eigenvalue weighted by molar-refractivity contribution is 8.19. The Morgan fingerprint density at radius 2 is 1.96 bits per heavy atom. The molecule has 5 rings (SSSR count). The second-order valence-electron chi connectivity index (χ2n) is 7.61. The van der Waals surface area contributed by atoms with E-state index in [1.165, 1.54) is 6.42 Å². The molecule has 2 saturated heterocycles. The number of rotatable bonds is 4. The first-order valence-corrected chi connectivity index (χ1v) is 11.7. The zero-order valence-corrected chi connectivity index (χ0v) is 17.3. The van der Waals surface area contributed by atoms with Crippen molar-refractivity contribution in [2.24, 2.45) is 21.5 Å². The Hall–Kier alpha value is -1.58. The molecule has 0 aliphatic carbocycles. The van der Waals surface area contributed by atoms with E-state index in [1.807, 2.05) is 41.7 Å². The van der Waals surface area contributed by atoms with Crippen LogP contribution in [0.25, 0.3) is 0 Å². The number of hydrogen-bond acceptors (Lipinski definition) is 9. The van der Waals surface area contributed by atoms with Crippen LogP contribution in [0.4, 0.5) is 0 Å². The lowest BCUT2D eigenvalue weighted by Gasteiger charge is -2.53. The molecular formula is C19H26N6OS2. The topological polar surface area (TPSA) is 101 Å². The molecule has 0 amide bonds. The molecule has 9 heteroatoms. The van der Waals surface area contributed by atoms with Gasteiger partial charge in [0.15, 0.2) is 17.6 Å². The minimum absolute atomic E-state index is 0.0151. The van der Waals surface area contributed by atoms with Crippen molar-refractivity contribution >= 4 is 35.4 Å². The monoisotopic (exact) mass is 418 g/mol. The number of benzene rings is 1. The van der Waals surface area contributed by atoms with Crippen LogP contribution in [0.1, 0.15) is 18.4 Å². The predicted octanol–water partition coefficient (Wildman–Crippen LogP) is 1.16. The molecule has 0 radical (unpaired) electrons. The van der Waals surface area contributed by atoms with Gasteiger partial charge in [-0.1, -0.05) is 30.3 Å². The highest BCUT2D eigenvalue weighted by atomic mass is 32.2. The fraction of sp³-hybridized carbons (Fsp3) is 0.579. The zero-order valence-electron chi connectivity index (χ0n) is 15.7. The van der Waals surface area contributed by atoms with E-state index in [1.54, 1.807) is 0 Å². The van der Waals surface area contributed by atoms with Crippen molar-refractivity contribution in [2.75, 3.05) is 24.7 Å². The fourth-order valence-corrected chi connectivity index (χ4v) is 8.56. The molecule has 5 N–H and O–H groups in total. The number of nitrogens with two attached hydrogens (primary N) is 2. The normalized spacial score (nSPS) is 33.1. The number of thioether (sulfide) groups is 2. The molecule has 1 aromatic rings. The first kappa shape index (κ1) is 18.4. The van der Waals surface area contributed by atoms with Gasteiger partial charge in [-0.15, -0.1) is 23.5 Å².